The third-order valence-corrected chi connectivity index (χ3v) is 2.92. The van der Waals surface area contributed by atoms with Gasteiger partial charge in [0.05, 0.1) is 4.47 Å². The second kappa shape index (κ2) is 5.38. The summed E-state index contributed by atoms with van der Waals surface area (Å²) >= 11 is 9.16. The highest BCUT2D eigenvalue weighted by Crippen LogP contribution is 2.28. The van der Waals surface area contributed by atoms with Gasteiger partial charge in [-0.1, -0.05) is 11.6 Å². The zero-order valence-corrected chi connectivity index (χ0v) is 11.0. The Bertz CT molecular complexity index is 536. The van der Waals surface area contributed by atoms with Crippen molar-refractivity contribution >= 4 is 33.8 Å². The molecule has 2 aromatic rings. The predicted octanol–water partition coefficient (Wildman–Crippen LogP) is 4.09. The van der Waals surface area contributed by atoms with E-state index in [1.807, 2.05) is 0 Å². The number of furan rings is 1. The number of hydrogen-bond donors (Lipinski definition) is 0. The predicted molar refractivity (Wildman–Crippen MR) is 67.6 cm³/mol. The van der Waals surface area contributed by atoms with Crippen LogP contribution in [0.25, 0.3) is 0 Å². The van der Waals surface area contributed by atoms with Gasteiger partial charge in [0, 0.05) is 5.02 Å². The largest absolute Gasteiger partial charge is 0.484 e. The lowest BCUT2D eigenvalue weighted by molar-refractivity contribution is 0.109. The van der Waals surface area contributed by atoms with Gasteiger partial charge in [0.2, 0.25) is 0 Å². The summed E-state index contributed by atoms with van der Waals surface area (Å²) in [7, 11) is 0. The van der Waals surface area contributed by atoms with Gasteiger partial charge < -0.3 is 9.15 Å². The maximum atomic E-state index is 10.4. The molecule has 0 bridgehead atoms. The first kappa shape index (κ1) is 12.2. The van der Waals surface area contributed by atoms with Crippen molar-refractivity contribution in [3.8, 4) is 5.75 Å². The van der Waals surface area contributed by atoms with Gasteiger partial charge >= 0.3 is 0 Å². The number of hydrogen-bond acceptors (Lipinski definition) is 3. The van der Waals surface area contributed by atoms with Crippen LogP contribution in [0.3, 0.4) is 0 Å². The van der Waals surface area contributed by atoms with E-state index in [0.717, 1.165) is 4.47 Å². The minimum absolute atomic E-state index is 0.258. The van der Waals surface area contributed by atoms with Crippen molar-refractivity contribution in [2.24, 2.45) is 0 Å². The molecular weight excluding hydrogens is 307 g/mol. The number of carbonyl (C=O) groups excluding carboxylic acids is 1. The molecule has 17 heavy (non-hydrogen) atoms. The van der Waals surface area contributed by atoms with E-state index < -0.39 is 0 Å². The Hall–Kier alpha value is -1.26. The molecule has 0 saturated carbocycles. The highest BCUT2D eigenvalue weighted by Gasteiger charge is 2.05. The van der Waals surface area contributed by atoms with E-state index >= 15 is 0 Å². The average Bonchev–Trinajstić information content (AvgIpc) is 2.76. The molecule has 0 radical (unpaired) electrons. The molecule has 0 aliphatic carbocycles. The van der Waals surface area contributed by atoms with Crippen LogP contribution in [0.4, 0.5) is 0 Å². The van der Waals surface area contributed by atoms with Crippen LogP contribution in [0.5, 0.6) is 5.75 Å². The molecule has 0 spiro atoms. The third-order valence-electron chi connectivity index (χ3n) is 2.06. The van der Waals surface area contributed by atoms with Gasteiger partial charge in [-0.25, -0.2) is 0 Å². The number of aldehydes is 1. The van der Waals surface area contributed by atoms with Crippen LogP contribution >= 0.6 is 27.5 Å². The molecule has 88 valence electrons. The summed E-state index contributed by atoms with van der Waals surface area (Å²) in [6, 6.07) is 8.54. The molecule has 0 unspecified atom stereocenters. The molecule has 0 fully saturated rings. The number of carbonyl (C=O) groups is 1. The Morgan fingerprint density at radius 2 is 2.18 bits per heavy atom. The SMILES string of the molecule is O=Cc1ccc(COc2ccc(Cl)cc2Br)o1. The average molecular weight is 316 g/mol. The van der Waals surface area contributed by atoms with E-state index in [-0.39, 0.29) is 6.61 Å². The number of halogens is 2. The Labute approximate surface area is 111 Å². The summed E-state index contributed by atoms with van der Waals surface area (Å²) < 4.78 is 11.5. The molecule has 1 aromatic carbocycles. The van der Waals surface area contributed by atoms with Gasteiger partial charge in [-0.2, -0.15) is 0 Å². The molecule has 2 rings (SSSR count). The lowest BCUT2D eigenvalue weighted by atomic mass is 10.3. The fourth-order valence-corrected chi connectivity index (χ4v) is 2.07. The first-order valence-electron chi connectivity index (χ1n) is 4.81. The first-order valence-corrected chi connectivity index (χ1v) is 5.98. The molecule has 0 N–H and O–H groups in total. The topological polar surface area (TPSA) is 39.4 Å². The van der Waals surface area contributed by atoms with E-state index in [9.17, 15) is 4.79 Å². The van der Waals surface area contributed by atoms with Crippen molar-refractivity contribution in [3.63, 3.8) is 0 Å². The quantitative estimate of drug-likeness (QED) is 0.798. The van der Waals surface area contributed by atoms with Gasteiger partial charge in [0.15, 0.2) is 12.0 Å². The van der Waals surface area contributed by atoms with Gasteiger partial charge in [-0.15, -0.1) is 0 Å². The number of ether oxygens (including phenoxy) is 1. The second-order valence-electron chi connectivity index (χ2n) is 3.29. The highest BCUT2D eigenvalue weighted by molar-refractivity contribution is 9.10. The lowest BCUT2D eigenvalue weighted by Crippen LogP contribution is -1.94. The van der Waals surface area contributed by atoms with Crippen LogP contribution in [0.2, 0.25) is 5.02 Å². The van der Waals surface area contributed by atoms with Crippen LogP contribution in [0.15, 0.2) is 39.2 Å². The molecule has 0 aliphatic heterocycles. The first-order chi connectivity index (χ1) is 8.19. The standard InChI is InChI=1S/C12H8BrClO3/c13-11-5-8(14)1-4-12(11)16-7-10-3-2-9(6-15)17-10/h1-6H,7H2. The van der Waals surface area contributed by atoms with E-state index in [0.29, 0.717) is 28.6 Å². The highest BCUT2D eigenvalue weighted by atomic mass is 79.9. The van der Waals surface area contributed by atoms with Crippen molar-refractivity contribution in [1.29, 1.82) is 0 Å². The molecule has 0 amide bonds. The minimum atomic E-state index is 0.258. The summed E-state index contributed by atoms with van der Waals surface area (Å²) in [6.45, 7) is 0.258. The van der Waals surface area contributed by atoms with Crippen LogP contribution in [-0.2, 0) is 6.61 Å². The Balaban J connectivity index is 2.04. The maximum absolute atomic E-state index is 10.4. The molecule has 0 aliphatic rings. The van der Waals surface area contributed by atoms with Gasteiger partial charge in [0.1, 0.15) is 18.1 Å². The third kappa shape index (κ3) is 3.11. The Morgan fingerprint density at radius 3 is 2.82 bits per heavy atom. The van der Waals surface area contributed by atoms with Gasteiger partial charge in [-0.05, 0) is 46.3 Å². The Morgan fingerprint density at radius 1 is 1.35 bits per heavy atom. The molecule has 0 saturated heterocycles. The van der Waals surface area contributed by atoms with Crippen molar-refractivity contribution in [3.05, 3.63) is 51.3 Å². The number of benzene rings is 1. The fraction of sp³-hybridized carbons (Fsp3) is 0.0833. The molecular formula is C12H8BrClO3. The minimum Gasteiger partial charge on any atom is -0.484 e. The lowest BCUT2D eigenvalue weighted by Gasteiger charge is -2.06. The van der Waals surface area contributed by atoms with Crippen molar-refractivity contribution in [2.75, 3.05) is 0 Å². The zero-order valence-electron chi connectivity index (χ0n) is 8.65. The van der Waals surface area contributed by atoms with E-state index in [1.165, 1.54) is 0 Å². The van der Waals surface area contributed by atoms with Crippen LogP contribution in [0, 0.1) is 0 Å². The maximum Gasteiger partial charge on any atom is 0.185 e. The van der Waals surface area contributed by atoms with Crippen LogP contribution in [-0.4, -0.2) is 6.29 Å². The number of rotatable bonds is 4. The van der Waals surface area contributed by atoms with Gasteiger partial charge in [0.25, 0.3) is 0 Å². The molecule has 0 atom stereocenters. The molecule has 1 aromatic heterocycles. The van der Waals surface area contributed by atoms with Crippen molar-refractivity contribution in [1.82, 2.24) is 0 Å². The summed E-state index contributed by atoms with van der Waals surface area (Å²) in [6.07, 6.45) is 0.654. The smallest absolute Gasteiger partial charge is 0.185 e. The molecule has 5 heteroatoms. The summed E-state index contributed by atoms with van der Waals surface area (Å²) in [5, 5.41) is 0.630. The summed E-state index contributed by atoms with van der Waals surface area (Å²) in [4.78, 5) is 10.4. The van der Waals surface area contributed by atoms with Crippen molar-refractivity contribution < 1.29 is 13.9 Å². The van der Waals surface area contributed by atoms with E-state index in [4.69, 9.17) is 20.8 Å². The normalized spacial score (nSPS) is 10.2. The van der Waals surface area contributed by atoms with Crippen molar-refractivity contribution in [2.45, 2.75) is 6.61 Å². The zero-order chi connectivity index (χ0) is 12.3. The van der Waals surface area contributed by atoms with E-state index in [1.54, 1.807) is 30.3 Å². The van der Waals surface area contributed by atoms with Gasteiger partial charge in [-0.3, -0.25) is 4.79 Å². The fourth-order valence-electron chi connectivity index (χ4n) is 1.28. The summed E-state index contributed by atoms with van der Waals surface area (Å²) in [5.41, 5.74) is 0. The summed E-state index contributed by atoms with van der Waals surface area (Å²) in [5.74, 6) is 1.55. The van der Waals surface area contributed by atoms with Crippen LogP contribution < -0.4 is 4.74 Å². The Kier molecular flexibility index (Phi) is 3.86. The monoisotopic (exact) mass is 314 g/mol. The second-order valence-corrected chi connectivity index (χ2v) is 4.58. The van der Waals surface area contributed by atoms with E-state index in [2.05, 4.69) is 15.9 Å². The molecule has 3 nitrogen and oxygen atoms in total. The van der Waals surface area contributed by atoms with Crippen LogP contribution in [0.1, 0.15) is 16.3 Å². The molecule has 1 heterocycles.